The maximum absolute atomic E-state index is 11.7. The molecule has 0 unspecified atom stereocenters. The van der Waals surface area contributed by atoms with Crippen molar-refractivity contribution in [2.75, 3.05) is 6.61 Å². The molecule has 1 aromatic carbocycles. The van der Waals surface area contributed by atoms with Crippen molar-refractivity contribution in [3.63, 3.8) is 0 Å². The zero-order valence-corrected chi connectivity index (χ0v) is 11.1. The molecule has 18 heavy (non-hydrogen) atoms. The summed E-state index contributed by atoms with van der Waals surface area (Å²) in [6, 6.07) is 5.61. The van der Waals surface area contributed by atoms with Gasteiger partial charge >= 0.3 is 5.97 Å². The highest BCUT2D eigenvalue weighted by Gasteiger charge is 2.23. The van der Waals surface area contributed by atoms with Crippen LogP contribution in [0.3, 0.4) is 0 Å². The van der Waals surface area contributed by atoms with Crippen LogP contribution in [0.1, 0.15) is 47.5 Å². The van der Waals surface area contributed by atoms with Gasteiger partial charge < -0.3 is 4.74 Å². The molecule has 0 saturated heterocycles. The fourth-order valence-electron chi connectivity index (χ4n) is 2.11. The number of benzene rings is 1. The molecular formula is C14H15NO2S. The van der Waals surface area contributed by atoms with Crippen LogP contribution < -0.4 is 0 Å². The van der Waals surface area contributed by atoms with E-state index in [1.165, 1.54) is 24.3 Å². The first-order valence-corrected chi connectivity index (χ1v) is 7.17. The topological polar surface area (TPSA) is 39.2 Å². The van der Waals surface area contributed by atoms with Crippen LogP contribution in [0.4, 0.5) is 0 Å². The normalized spacial score (nSPS) is 15.6. The Kier molecular flexibility index (Phi) is 3.04. The number of thiazole rings is 1. The van der Waals surface area contributed by atoms with Crippen LogP contribution >= 0.6 is 11.3 Å². The zero-order chi connectivity index (χ0) is 12.5. The van der Waals surface area contributed by atoms with Crippen LogP contribution in [0.5, 0.6) is 0 Å². The van der Waals surface area contributed by atoms with Crippen molar-refractivity contribution in [3.8, 4) is 0 Å². The summed E-state index contributed by atoms with van der Waals surface area (Å²) in [4.78, 5) is 16.3. The first-order chi connectivity index (χ1) is 8.78. The van der Waals surface area contributed by atoms with E-state index in [0.29, 0.717) is 18.1 Å². The van der Waals surface area contributed by atoms with Gasteiger partial charge in [-0.2, -0.15) is 0 Å². The molecule has 1 aliphatic rings. The van der Waals surface area contributed by atoms with Crippen molar-refractivity contribution in [1.82, 2.24) is 4.98 Å². The second kappa shape index (κ2) is 4.69. The average molecular weight is 261 g/mol. The molecule has 0 spiro atoms. The minimum atomic E-state index is -0.252. The Hall–Kier alpha value is -1.42. The highest BCUT2D eigenvalue weighted by Crippen LogP contribution is 2.39. The zero-order valence-electron chi connectivity index (χ0n) is 10.3. The van der Waals surface area contributed by atoms with Gasteiger partial charge in [-0.05, 0) is 38.0 Å². The molecule has 1 heterocycles. The lowest BCUT2D eigenvalue weighted by atomic mass is 9.86. The first kappa shape index (κ1) is 11.7. The number of nitrogens with zero attached hydrogens (tertiary/aromatic N) is 1. The Morgan fingerprint density at radius 3 is 3.00 bits per heavy atom. The number of carbonyl (C=O) groups excluding carboxylic acids is 1. The van der Waals surface area contributed by atoms with Crippen LogP contribution in [0.25, 0.3) is 10.2 Å². The fraction of sp³-hybridized carbons (Fsp3) is 0.429. The maximum atomic E-state index is 11.7. The van der Waals surface area contributed by atoms with Gasteiger partial charge in [0.05, 0.1) is 27.4 Å². The molecule has 1 aliphatic carbocycles. The van der Waals surface area contributed by atoms with Gasteiger partial charge in [0.2, 0.25) is 0 Å². The van der Waals surface area contributed by atoms with E-state index >= 15 is 0 Å². The predicted molar refractivity (Wildman–Crippen MR) is 72.2 cm³/mol. The highest BCUT2D eigenvalue weighted by molar-refractivity contribution is 7.18. The molecule has 4 heteroatoms. The van der Waals surface area contributed by atoms with Crippen LogP contribution in [0, 0.1) is 0 Å². The third-order valence-electron chi connectivity index (χ3n) is 3.37. The summed E-state index contributed by atoms with van der Waals surface area (Å²) in [6.45, 7) is 2.23. The van der Waals surface area contributed by atoms with E-state index in [4.69, 9.17) is 4.74 Å². The summed E-state index contributed by atoms with van der Waals surface area (Å²) in [5.74, 6) is 0.395. The number of hydrogen-bond donors (Lipinski definition) is 0. The van der Waals surface area contributed by atoms with E-state index in [0.717, 1.165) is 10.2 Å². The number of esters is 1. The Morgan fingerprint density at radius 2 is 2.33 bits per heavy atom. The minimum absolute atomic E-state index is 0.252. The molecule has 1 aromatic heterocycles. The molecule has 0 amide bonds. The molecule has 0 radical (unpaired) electrons. The van der Waals surface area contributed by atoms with Crippen molar-refractivity contribution >= 4 is 27.5 Å². The number of aromatic nitrogens is 1. The summed E-state index contributed by atoms with van der Waals surface area (Å²) in [5.41, 5.74) is 1.61. The highest BCUT2D eigenvalue weighted by atomic mass is 32.1. The molecule has 0 atom stereocenters. The average Bonchev–Trinajstić information content (AvgIpc) is 2.68. The third-order valence-corrected chi connectivity index (χ3v) is 4.55. The molecule has 2 aromatic rings. The molecule has 3 rings (SSSR count). The third kappa shape index (κ3) is 2.01. The van der Waals surface area contributed by atoms with Crippen LogP contribution in [0.15, 0.2) is 18.2 Å². The minimum Gasteiger partial charge on any atom is -0.462 e. The van der Waals surface area contributed by atoms with Gasteiger partial charge in [0.1, 0.15) is 0 Å². The van der Waals surface area contributed by atoms with Crippen molar-refractivity contribution in [3.05, 3.63) is 28.8 Å². The second-order valence-electron chi connectivity index (χ2n) is 4.58. The van der Waals surface area contributed by atoms with Gasteiger partial charge in [-0.15, -0.1) is 11.3 Å². The monoisotopic (exact) mass is 261 g/mol. The first-order valence-electron chi connectivity index (χ1n) is 6.35. The quantitative estimate of drug-likeness (QED) is 0.790. The number of rotatable bonds is 3. The Labute approximate surface area is 110 Å². The van der Waals surface area contributed by atoms with E-state index in [1.54, 1.807) is 17.4 Å². The smallest absolute Gasteiger partial charge is 0.338 e. The lowest BCUT2D eigenvalue weighted by Gasteiger charge is -2.22. The van der Waals surface area contributed by atoms with Crippen molar-refractivity contribution in [2.45, 2.75) is 32.1 Å². The van der Waals surface area contributed by atoms with E-state index in [9.17, 15) is 4.79 Å². The van der Waals surface area contributed by atoms with Crippen molar-refractivity contribution in [2.24, 2.45) is 0 Å². The van der Waals surface area contributed by atoms with Crippen LogP contribution in [-0.4, -0.2) is 17.6 Å². The molecule has 94 valence electrons. The Balaban J connectivity index is 1.93. The lowest BCUT2D eigenvalue weighted by Crippen LogP contribution is -2.07. The van der Waals surface area contributed by atoms with E-state index in [-0.39, 0.29) is 5.97 Å². The summed E-state index contributed by atoms with van der Waals surface area (Å²) in [5, 5.41) is 1.22. The van der Waals surface area contributed by atoms with Crippen molar-refractivity contribution < 1.29 is 9.53 Å². The van der Waals surface area contributed by atoms with Gasteiger partial charge in [0.15, 0.2) is 0 Å². The van der Waals surface area contributed by atoms with Gasteiger partial charge in [-0.3, -0.25) is 0 Å². The van der Waals surface area contributed by atoms with Gasteiger partial charge in [-0.1, -0.05) is 6.42 Å². The molecule has 3 nitrogen and oxygen atoms in total. The number of carbonyl (C=O) groups is 1. The summed E-state index contributed by atoms with van der Waals surface area (Å²) in [6.07, 6.45) is 3.82. The fourth-order valence-corrected chi connectivity index (χ4v) is 3.29. The molecular weight excluding hydrogens is 246 g/mol. The molecule has 1 fully saturated rings. The standard InChI is InChI=1S/C14H15NO2S/c1-2-17-14(16)10-6-7-11-12(8-10)18-13(15-11)9-4-3-5-9/h6-9H,2-5H2,1H3. The largest absolute Gasteiger partial charge is 0.462 e. The Morgan fingerprint density at radius 1 is 1.50 bits per heavy atom. The second-order valence-corrected chi connectivity index (χ2v) is 5.65. The van der Waals surface area contributed by atoms with Crippen LogP contribution in [-0.2, 0) is 4.74 Å². The summed E-state index contributed by atoms with van der Waals surface area (Å²) in [7, 11) is 0. The lowest BCUT2D eigenvalue weighted by molar-refractivity contribution is 0.0526. The van der Waals surface area contributed by atoms with Gasteiger partial charge in [0, 0.05) is 5.92 Å². The van der Waals surface area contributed by atoms with Crippen LogP contribution in [0.2, 0.25) is 0 Å². The predicted octanol–water partition coefficient (Wildman–Crippen LogP) is 3.74. The molecule has 0 aliphatic heterocycles. The van der Waals surface area contributed by atoms with E-state index < -0.39 is 0 Å². The van der Waals surface area contributed by atoms with E-state index in [1.807, 2.05) is 19.1 Å². The van der Waals surface area contributed by atoms with E-state index in [2.05, 4.69) is 4.98 Å². The number of ether oxygens (including phenoxy) is 1. The molecule has 0 bridgehead atoms. The molecule has 0 N–H and O–H groups in total. The van der Waals surface area contributed by atoms with Gasteiger partial charge in [0.25, 0.3) is 0 Å². The SMILES string of the molecule is CCOC(=O)c1ccc2nc(C3CCC3)sc2c1. The molecule has 1 saturated carbocycles. The summed E-state index contributed by atoms with van der Waals surface area (Å²) >= 11 is 1.71. The van der Waals surface area contributed by atoms with Gasteiger partial charge in [-0.25, -0.2) is 9.78 Å². The maximum Gasteiger partial charge on any atom is 0.338 e. The van der Waals surface area contributed by atoms with Crippen molar-refractivity contribution in [1.29, 1.82) is 0 Å². The Bertz CT molecular complexity index is 586. The number of hydrogen-bond acceptors (Lipinski definition) is 4. The summed E-state index contributed by atoms with van der Waals surface area (Å²) < 4.78 is 6.09. The number of fused-ring (bicyclic) bond motifs is 1.